The van der Waals surface area contributed by atoms with Gasteiger partial charge in [-0.05, 0) is 50.8 Å². The van der Waals surface area contributed by atoms with Gasteiger partial charge in [0.05, 0.1) is 0 Å². The second kappa shape index (κ2) is 9.06. The van der Waals surface area contributed by atoms with Crippen LogP contribution in [0.1, 0.15) is 49.7 Å². The average Bonchev–Trinajstić information content (AvgIpc) is 2.46. The van der Waals surface area contributed by atoms with Crippen molar-refractivity contribution in [2.24, 2.45) is 5.73 Å². The van der Waals surface area contributed by atoms with E-state index in [0.717, 1.165) is 57.3 Å². The van der Waals surface area contributed by atoms with Crippen LogP contribution >= 0.6 is 12.4 Å². The number of amides is 1. The van der Waals surface area contributed by atoms with Crippen LogP contribution in [-0.4, -0.2) is 19.0 Å². The zero-order valence-corrected chi connectivity index (χ0v) is 13.8. The maximum absolute atomic E-state index is 12.4. The van der Waals surface area contributed by atoms with Gasteiger partial charge in [-0.3, -0.25) is 4.79 Å². The van der Waals surface area contributed by atoms with Gasteiger partial charge in [0, 0.05) is 18.7 Å². The van der Waals surface area contributed by atoms with Crippen LogP contribution in [0.25, 0.3) is 0 Å². The normalized spacial score (nSPS) is 13.5. The Balaban J connectivity index is 0.00000220. The summed E-state index contributed by atoms with van der Waals surface area (Å²) in [5, 5.41) is 0. The lowest BCUT2D eigenvalue weighted by Crippen LogP contribution is -2.35. The quantitative estimate of drug-likeness (QED) is 0.816. The molecule has 2 rings (SSSR count). The van der Waals surface area contributed by atoms with Crippen LogP contribution in [0.5, 0.6) is 0 Å². The van der Waals surface area contributed by atoms with E-state index in [9.17, 15) is 4.79 Å². The number of nitrogens with two attached hydrogens (primary N) is 1. The molecule has 4 heteroatoms. The second-order valence-electron chi connectivity index (χ2n) is 5.73. The van der Waals surface area contributed by atoms with Gasteiger partial charge in [0.1, 0.15) is 0 Å². The molecule has 118 valence electrons. The maximum Gasteiger partial charge on any atom is 0.226 e. The Labute approximate surface area is 134 Å². The Hall–Kier alpha value is -1.06. The first kappa shape index (κ1) is 18.0. The molecule has 0 atom stereocenters. The van der Waals surface area contributed by atoms with Gasteiger partial charge in [-0.2, -0.15) is 0 Å². The first-order valence-corrected chi connectivity index (χ1v) is 7.82. The number of benzene rings is 1. The van der Waals surface area contributed by atoms with Crippen molar-refractivity contribution in [3.63, 3.8) is 0 Å². The number of carbonyl (C=O) groups is 1. The number of hydrogen-bond donors (Lipinski definition) is 1. The van der Waals surface area contributed by atoms with E-state index >= 15 is 0 Å². The van der Waals surface area contributed by atoms with Crippen LogP contribution in [0.4, 0.5) is 5.69 Å². The van der Waals surface area contributed by atoms with Gasteiger partial charge < -0.3 is 10.6 Å². The number of aryl methyl sites for hydroxylation is 2. The van der Waals surface area contributed by atoms with Gasteiger partial charge in [-0.25, -0.2) is 0 Å². The van der Waals surface area contributed by atoms with Gasteiger partial charge in [0.25, 0.3) is 0 Å². The van der Waals surface area contributed by atoms with Crippen molar-refractivity contribution in [2.75, 3.05) is 18.0 Å². The molecule has 1 amide bonds. The van der Waals surface area contributed by atoms with E-state index in [1.807, 2.05) is 4.90 Å². The predicted octanol–water partition coefficient (Wildman–Crippen LogP) is 3.61. The standard InChI is InChI=1S/C17H26N2O.ClH/c1-14-9-10-16-15(13-14)7-6-12-19(16)17(20)8-4-2-3-5-11-18;/h9-10,13H,2-8,11-12,18H2,1H3;1H. The molecule has 0 fully saturated rings. The van der Waals surface area contributed by atoms with Crippen molar-refractivity contribution < 1.29 is 4.79 Å². The van der Waals surface area contributed by atoms with Gasteiger partial charge in [-0.1, -0.05) is 30.5 Å². The fourth-order valence-electron chi connectivity index (χ4n) is 2.89. The van der Waals surface area contributed by atoms with Crippen LogP contribution in [0.2, 0.25) is 0 Å². The molecule has 1 aromatic carbocycles. The average molecular weight is 311 g/mol. The molecule has 1 aromatic rings. The van der Waals surface area contributed by atoms with Gasteiger partial charge >= 0.3 is 0 Å². The van der Waals surface area contributed by atoms with Gasteiger partial charge in [0.2, 0.25) is 5.91 Å². The molecule has 0 spiro atoms. The number of fused-ring (bicyclic) bond motifs is 1. The van der Waals surface area contributed by atoms with Crippen LogP contribution in [-0.2, 0) is 11.2 Å². The zero-order valence-electron chi connectivity index (χ0n) is 12.9. The molecule has 3 nitrogen and oxygen atoms in total. The van der Waals surface area contributed by atoms with E-state index in [1.165, 1.54) is 11.1 Å². The Bertz CT molecular complexity index is 462. The minimum Gasteiger partial charge on any atom is -0.330 e. The molecule has 0 radical (unpaired) electrons. The fraction of sp³-hybridized carbons (Fsp3) is 0.588. The fourth-order valence-corrected chi connectivity index (χ4v) is 2.89. The molecular weight excluding hydrogens is 284 g/mol. The van der Waals surface area contributed by atoms with Gasteiger partial charge in [-0.15, -0.1) is 12.4 Å². The van der Waals surface area contributed by atoms with Gasteiger partial charge in [0.15, 0.2) is 0 Å². The number of nitrogens with zero attached hydrogens (tertiary/aromatic N) is 1. The number of carbonyl (C=O) groups excluding carboxylic acids is 1. The number of anilines is 1. The van der Waals surface area contributed by atoms with Crippen molar-refractivity contribution in [1.82, 2.24) is 0 Å². The molecule has 1 aliphatic heterocycles. The summed E-state index contributed by atoms with van der Waals surface area (Å²) < 4.78 is 0. The molecule has 0 saturated carbocycles. The first-order chi connectivity index (χ1) is 9.72. The summed E-state index contributed by atoms with van der Waals surface area (Å²) >= 11 is 0. The second-order valence-corrected chi connectivity index (χ2v) is 5.73. The van der Waals surface area contributed by atoms with Crippen LogP contribution in [0.15, 0.2) is 18.2 Å². The lowest BCUT2D eigenvalue weighted by molar-refractivity contribution is -0.118. The summed E-state index contributed by atoms with van der Waals surface area (Å²) in [4.78, 5) is 14.4. The minimum absolute atomic E-state index is 0. The SMILES string of the molecule is Cc1ccc2c(c1)CCCN2C(=O)CCCCCCN.Cl. The summed E-state index contributed by atoms with van der Waals surface area (Å²) in [6.07, 6.45) is 7.14. The van der Waals surface area contributed by atoms with E-state index in [-0.39, 0.29) is 18.3 Å². The van der Waals surface area contributed by atoms with Crippen molar-refractivity contribution >= 4 is 24.0 Å². The van der Waals surface area contributed by atoms with Crippen molar-refractivity contribution in [3.05, 3.63) is 29.3 Å². The Morgan fingerprint density at radius 3 is 2.76 bits per heavy atom. The molecule has 1 heterocycles. The molecule has 0 unspecified atom stereocenters. The highest BCUT2D eigenvalue weighted by atomic mass is 35.5. The third-order valence-corrected chi connectivity index (χ3v) is 4.00. The smallest absolute Gasteiger partial charge is 0.226 e. The first-order valence-electron chi connectivity index (χ1n) is 7.82. The highest BCUT2D eigenvalue weighted by Gasteiger charge is 2.21. The van der Waals surface area contributed by atoms with E-state index in [4.69, 9.17) is 5.73 Å². The Morgan fingerprint density at radius 1 is 1.24 bits per heavy atom. The van der Waals surface area contributed by atoms with Crippen LogP contribution in [0, 0.1) is 6.92 Å². The van der Waals surface area contributed by atoms with Crippen LogP contribution < -0.4 is 10.6 Å². The molecule has 0 saturated heterocycles. The van der Waals surface area contributed by atoms with Crippen molar-refractivity contribution in [2.45, 2.75) is 51.9 Å². The molecular formula is C17H27ClN2O. The molecule has 0 bridgehead atoms. The molecule has 2 N–H and O–H groups in total. The highest BCUT2D eigenvalue weighted by molar-refractivity contribution is 5.94. The van der Waals surface area contributed by atoms with Crippen molar-refractivity contribution in [3.8, 4) is 0 Å². The molecule has 1 aliphatic rings. The number of unbranched alkanes of at least 4 members (excludes halogenated alkanes) is 3. The Kier molecular flexibility index (Phi) is 7.76. The number of rotatable bonds is 6. The van der Waals surface area contributed by atoms with E-state index in [0.29, 0.717) is 6.42 Å². The zero-order chi connectivity index (χ0) is 14.4. The Morgan fingerprint density at radius 2 is 2.00 bits per heavy atom. The summed E-state index contributed by atoms with van der Waals surface area (Å²) in [6.45, 7) is 3.74. The molecule has 0 aromatic heterocycles. The van der Waals surface area contributed by atoms with Crippen LogP contribution in [0.3, 0.4) is 0 Å². The third kappa shape index (κ3) is 5.01. The third-order valence-electron chi connectivity index (χ3n) is 4.00. The number of halogens is 1. The van der Waals surface area contributed by atoms with E-state index < -0.39 is 0 Å². The van der Waals surface area contributed by atoms with Crippen molar-refractivity contribution in [1.29, 1.82) is 0 Å². The largest absolute Gasteiger partial charge is 0.330 e. The predicted molar refractivity (Wildman–Crippen MR) is 91.2 cm³/mol. The molecule has 21 heavy (non-hydrogen) atoms. The minimum atomic E-state index is 0. The maximum atomic E-state index is 12.4. The summed E-state index contributed by atoms with van der Waals surface area (Å²) in [5.41, 5.74) is 9.21. The highest BCUT2D eigenvalue weighted by Crippen LogP contribution is 2.28. The summed E-state index contributed by atoms with van der Waals surface area (Å²) in [7, 11) is 0. The lowest BCUT2D eigenvalue weighted by Gasteiger charge is -2.30. The lowest BCUT2D eigenvalue weighted by atomic mass is 9.99. The summed E-state index contributed by atoms with van der Waals surface area (Å²) in [5.74, 6) is 0.280. The van der Waals surface area contributed by atoms with E-state index in [1.54, 1.807) is 0 Å². The topological polar surface area (TPSA) is 46.3 Å². The monoisotopic (exact) mass is 310 g/mol. The summed E-state index contributed by atoms with van der Waals surface area (Å²) in [6, 6.07) is 6.43. The molecule has 0 aliphatic carbocycles. The van der Waals surface area contributed by atoms with E-state index in [2.05, 4.69) is 25.1 Å². The number of hydrogen-bond acceptors (Lipinski definition) is 2.